The van der Waals surface area contributed by atoms with E-state index >= 15 is 0 Å². The second-order valence-corrected chi connectivity index (χ2v) is 4.74. The van der Waals surface area contributed by atoms with Crippen LogP contribution in [0.1, 0.15) is 29.8 Å². The van der Waals surface area contributed by atoms with Crippen molar-refractivity contribution in [1.29, 1.82) is 0 Å². The zero-order valence-electron chi connectivity index (χ0n) is 13.0. The lowest BCUT2D eigenvalue weighted by Crippen LogP contribution is -2.20. The molecule has 0 saturated carbocycles. The Hall–Kier alpha value is -2.07. The third kappa shape index (κ3) is 3.16. The molecule has 1 aromatic carbocycles. The number of hydrogen-bond acceptors (Lipinski definition) is 4. The minimum absolute atomic E-state index is 0.0287. The van der Waals surface area contributed by atoms with E-state index in [4.69, 9.17) is 9.47 Å². The summed E-state index contributed by atoms with van der Waals surface area (Å²) in [5.41, 5.74) is 3.39. The number of nitrogens with zero attached hydrogens (tertiary/aromatic N) is 1. The fraction of sp³-hybridized carbons (Fsp3) is 0.353. The predicted molar refractivity (Wildman–Crippen MR) is 84.1 cm³/mol. The maximum Gasteiger partial charge on any atom is 0.161 e. The highest BCUT2D eigenvalue weighted by Crippen LogP contribution is 2.32. The van der Waals surface area contributed by atoms with Crippen LogP contribution in [0.15, 0.2) is 36.5 Å². The fourth-order valence-corrected chi connectivity index (χ4v) is 2.50. The average molecular weight is 286 g/mol. The fourth-order valence-electron chi connectivity index (χ4n) is 2.50. The van der Waals surface area contributed by atoms with E-state index < -0.39 is 0 Å². The van der Waals surface area contributed by atoms with E-state index in [9.17, 15) is 0 Å². The SMILES string of the molecule is CCc1cccnc1C(NC)c1ccc(OC)c(OC)c1. The van der Waals surface area contributed by atoms with Crippen LogP contribution in [0.5, 0.6) is 11.5 Å². The summed E-state index contributed by atoms with van der Waals surface area (Å²) in [6, 6.07) is 10.1. The number of pyridine rings is 1. The molecule has 2 aromatic rings. The zero-order valence-corrected chi connectivity index (χ0v) is 13.0. The summed E-state index contributed by atoms with van der Waals surface area (Å²) >= 11 is 0. The second kappa shape index (κ2) is 7.09. The standard InChI is InChI=1S/C17H22N2O2/c1-5-12-7-6-10-19-17(12)16(18-2)13-8-9-14(20-3)15(11-13)21-4/h6-11,16,18H,5H2,1-4H3. The van der Waals surface area contributed by atoms with Crippen LogP contribution < -0.4 is 14.8 Å². The Bertz CT molecular complexity index is 599. The predicted octanol–water partition coefficient (Wildman–Crippen LogP) is 2.97. The van der Waals surface area contributed by atoms with E-state index in [-0.39, 0.29) is 6.04 Å². The van der Waals surface area contributed by atoms with Crippen LogP contribution in [0.4, 0.5) is 0 Å². The van der Waals surface area contributed by atoms with Crippen LogP contribution in [0.3, 0.4) is 0 Å². The van der Waals surface area contributed by atoms with Crippen molar-refractivity contribution in [2.45, 2.75) is 19.4 Å². The summed E-state index contributed by atoms with van der Waals surface area (Å²) in [5, 5.41) is 3.34. The van der Waals surface area contributed by atoms with Crippen molar-refractivity contribution < 1.29 is 9.47 Å². The van der Waals surface area contributed by atoms with Crippen molar-refractivity contribution in [1.82, 2.24) is 10.3 Å². The largest absolute Gasteiger partial charge is 0.493 e. The minimum Gasteiger partial charge on any atom is -0.493 e. The molecule has 112 valence electrons. The third-order valence-electron chi connectivity index (χ3n) is 3.61. The number of aryl methyl sites for hydroxylation is 1. The number of aromatic nitrogens is 1. The number of rotatable bonds is 6. The van der Waals surface area contributed by atoms with Crippen LogP contribution in [-0.4, -0.2) is 26.3 Å². The van der Waals surface area contributed by atoms with E-state index in [1.807, 2.05) is 37.5 Å². The molecule has 1 atom stereocenters. The summed E-state index contributed by atoms with van der Waals surface area (Å²) < 4.78 is 10.7. The molecule has 0 aliphatic rings. The highest BCUT2D eigenvalue weighted by molar-refractivity contribution is 5.46. The number of methoxy groups -OCH3 is 2. The lowest BCUT2D eigenvalue weighted by molar-refractivity contribution is 0.354. The third-order valence-corrected chi connectivity index (χ3v) is 3.61. The van der Waals surface area contributed by atoms with E-state index in [0.29, 0.717) is 0 Å². The highest BCUT2D eigenvalue weighted by Gasteiger charge is 2.18. The van der Waals surface area contributed by atoms with Crippen LogP contribution >= 0.6 is 0 Å². The molecule has 4 nitrogen and oxygen atoms in total. The summed E-state index contributed by atoms with van der Waals surface area (Å²) in [6.45, 7) is 2.14. The van der Waals surface area contributed by atoms with Crippen LogP contribution in [0.25, 0.3) is 0 Å². The number of benzene rings is 1. The van der Waals surface area contributed by atoms with Gasteiger partial charge in [0.2, 0.25) is 0 Å². The first-order chi connectivity index (χ1) is 10.2. The monoisotopic (exact) mass is 286 g/mol. The molecule has 0 aliphatic carbocycles. The summed E-state index contributed by atoms with van der Waals surface area (Å²) in [5.74, 6) is 1.46. The van der Waals surface area contributed by atoms with Gasteiger partial charge in [0.1, 0.15) is 0 Å². The maximum absolute atomic E-state index is 5.39. The van der Waals surface area contributed by atoms with Gasteiger partial charge >= 0.3 is 0 Å². The zero-order chi connectivity index (χ0) is 15.2. The Morgan fingerprint density at radius 3 is 2.52 bits per heavy atom. The van der Waals surface area contributed by atoms with Gasteiger partial charge in [-0.3, -0.25) is 4.98 Å². The summed E-state index contributed by atoms with van der Waals surface area (Å²) in [4.78, 5) is 4.56. The first kappa shape index (κ1) is 15.3. The van der Waals surface area contributed by atoms with Crippen LogP contribution in [-0.2, 0) is 6.42 Å². The van der Waals surface area contributed by atoms with Crippen molar-refractivity contribution in [3.8, 4) is 11.5 Å². The molecule has 0 aliphatic heterocycles. The smallest absolute Gasteiger partial charge is 0.161 e. The molecule has 4 heteroatoms. The van der Waals surface area contributed by atoms with Gasteiger partial charge in [-0.25, -0.2) is 0 Å². The molecule has 0 saturated heterocycles. The highest BCUT2D eigenvalue weighted by atomic mass is 16.5. The quantitative estimate of drug-likeness (QED) is 0.886. The van der Waals surface area contributed by atoms with Gasteiger partial charge in [-0.15, -0.1) is 0 Å². The van der Waals surface area contributed by atoms with E-state index in [2.05, 4.69) is 23.3 Å². The molecule has 1 unspecified atom stereocenters. The number of nitrogens with one attached hydrogen (secondary N) is 1. The molecule has 2 rings (SSSR count). The Balaban J connectivity index is 2.46. The lowest BCUT2D eigenvalue weighted by atomic mass is 9.98. The molecular formula is C17H22N2O2. The van der Waals surface area contributed by atoms with Gasteiger partial charge in [0, 0.05) is 6.20 Å². The van der Waals surface area contributed by atoms with Crippen molar-refractivity contribution in [2.24, 2.45) is 0 Å². The van der Waals surface area contributed by atoms with Gasteiger partial charge in [-0.2, -0.15) is 0 Å². The average Bonchev–Trinajstić information content (AvgIpc) is 2.55. The molecule has 21 heavy (non-hydrogen) atoms. The summed E-state index contributed by atoms with van der Waals surface area (Å²) in [7, 11) is 5.23. The van der Waals surface area contributed by atoms with Crippen molar-refractivity contribution in [3.05, 3.63) is 53.3 Å². The van der Waals surface area contributed by atoms with Gasteiger partial charge in [0.05, 0.1) is 26.0 Å². The van der Waals surface area contributed by atoms with E-state index in [1.165, 1.54) is 5.56 Å². The van der Waals surface area contributed by atoms with Gasteiger partial charge in [0.15, 0.2) is 11.5 Å². The lowest BCUT2D eigenvalue weighted by Gasteiger charge is -2.20. The van der Waals surface area contributed by atoms with Crippen molar-refractivity contribution in [2.75, 3.05) is 21.3 Å². The van der Waals surface area contributed by atoms with Crippen molar-refractivity contribution in [3.63, 3.8) is 0 Å². The molecule has 0 fully saturated rings. The Morgan fingerprint density at radius 2 is 1.90 bits per heavy atom. The van der Waals surface area contributed by atoms with E-state index in [0.717, 1.165) is 29.2 Å². The number of ether oxygens (including phenoxy) is 2. The first-order valence-corrected chi connectivity index (χ1v) is 7.08. The van der Waals surface area contributed by atoms with Gasteiger partial charge in [-0.05, 0) is 42.8 Å². The number of hydrogen-bond donors (Lipinski definition) is 1. The van der Waals surface area contributed by atoms with Gasteiger partial charge < -0.3 is 14.8 Å². The Morgan fingerprint density at radius 1 is 1.14 bits per heavy atom. The minimum atomic E-state index is 0.0287. The Kier molecular flexibility index (Phi) is 5.17. The topological polar surface area (TPSA) is 43.4 Å². The summed E-state index contributed by atoms with van der Waals surface area (Å²) in [6.07, 6.45) is 2.79. The van der Waals surface area contributed by atoms with Crippen molar-refractivity contribution >= 4 is 0 Å². The maximum atomic E-state index is 5.39. The van der Waals surface area contributed by atoms with E-state index in [1.54, 1.807) is 14.2 Å². The molecule has 0 amide bonds. The molecule has 0 bridgehead atoms. The Labute approximate surface area is 126 Å². The second-order valence-electron chi connectivity index (χ2n) is 4.74. The first-order valence-electron chi connectivity index (χ1n) is 7.08. The molecule has 1 aromatic heterocycles. The molecule has 1 N–H and O–H groups in total. The van der Waals surface area contributed by atoms with Gasteiger partial charge in [-0.1, -0.05) is 19.1 Å². The molecule has 0 spiro atoms. The molecular weight excluding hydrogens is 264 g/mol. The molecule has 1 heterocycles. The molecule has 0 radical (unpaired) electrons. The van der Waals surface area contributed by atoms with Crippen LogP contribution in [0.2, 0.25) is 0 Å². The normalized spacial score (nSPS) is 12.0. The van der Waals surface area contributed by atoms with Gasteiger partial charge in [0.25, 0.3) is 0 Å². The van der Waals surface area contributed by atoms with Crippen LogP contribution in [0, 0.1) is 0 Å².